The molecule has 1 N–H and O–H groups in total. The topological polar surface area (TPSA) is 34.2 Å². The first-order valence-corrected chi connectivity index (χ1v) is 8.91. The van der Waals surface area contributed by atoms with Crippen molar-refractivity contribution in [2.24, 2.45) is 0 Å². The van der Waals surface area contributed by atoms with Crippen molar-refractivity contribution in [3.05, 3.63) is 15.6 Å². The Morgan fingerprint density at radius 1 is 1.40 bits per heavy atom. The summed E-state index contributed by atoms with van der Waals surface area (Å²) in [5.41, 5.74) is 1.45. The summed E-state index contributed by atoms with van der Waals surface area (Å²) in [5, 5.41) is 5.14. The Balaban J connectivity index is 1.89. The SMILES string of the molecule is CCCNC1(c2nc3c(s2)CCCC3)CCOC(C)C1. The molecule has 2 unspecified atom stereocenters. The van der Waals surface area contributed by atoms with Gasteiger partial charge in [0.25, 0.3) is 0 Å². The van der Waals surface area contributed by atoms with Crippen molar-refractivity contribution < 1.29 is 4.74 Å². The number of nitrogens with one attached hydrogen (secondary N) is 1. The molecule has 3 nitrogen and oxygen atoms in total. The zero-order chi connectivity index (χ0) is 14.0. The Hall–Kier alpha value is -0.450. The maximum absolute atomic E-state index is 5.77. The molecule has 112 valence electrons. The van der Waals surface area contributed by atoms with Crippen LogP contribution in [0.15, 0.2) is 0 Å². The van der Waals surface area contributed by atoms with Gasteiger partial charge in [0.1, 0.15) is 5.01 Å². The van der Waals surface area contributed by atoms with Gasteiger partial charge in [0.2, 0.25) is 0 Å². The molecular formula is C16H26N2OS. The molecule has 1 aliphatic heterocycles. The third-order valence-electron chi connectivity index (χ3n) is 4.54. The third kappa shape index (κ3) is 2.78. The summed E-state index contributed by atoms with van der Waals surface area (Å²) < 4.78 is 5.77. The lowest BCUT2D eigenvalue weighted by atomic mass is 9.87. The minimum absolute atomic E-state index is 0.0652. The maximum Gasteiger partial charge on any atom is 0.113 e. The van der Waals surface area contributed by atoms with Crippen LogP contribution in [0.1, 0.15) is 61.5 Å². The van der Waals surface area contributed by atoms with E-state index in [1.165, 1.54) is 42.8 Å². The fourth-order valence-electron chi connectivity index (χ4n) is 3.44. The van der Waals surface area contributed by atoms with Crippen molar-refractivity contribution in [2.45, 2.75) is 70.4 Å². The predicted octanol–water partition coefficient (Wildman–Crippen LogP) is 3.42. The maximum atomic E-state index is 5.77. The Labute approximate surface area is 126 Å². The van der Waals surface area contributed by atoms with E-state index >= 15 is 0 Å². The standard InChI is InChI=1S/C16H26N2OS/c1-3-9-17-16(8-10-19-12(2)11-16)15-18-13-6-4-5-7-14(13)20-15/h12,17H,3-11H2,1-2H3. The van der Waals surface area contributed by atoms with Crippen molar-refractivity contribution in [3.8, 4) is 0 Å². The fraction of sp³-hybridized carbons (Fsp3) is 0.812. The molecule has 0 amide bonds. The highest BCUT2D eigenvalue weighted by Crippen LogP contribution is 2.39. The van der Waals surface area contributed by atoms with Gasteiger partial charge < -0.3 is 10.1 Å². The molecule has 4 heteroatoms. The predicted molar refractivity (Wildman–Crippen MR) is 83.4 cm³/mol. The Kier molecular flexibility index (Phi) is 4.43. The first kappa shape index (κ1) is 14.5. The van der Waals surface area contributed by atoms with Gasteiger partial charge in [0, 0.05) is 11.5 Å². The van der Waals surface area contributed by atoms with Gasteiger partial charge in [-0.25, -0.2) is 4.98 Å². The van der Waals surface area contributed by atoms with Crippen LogP contribution < -0.4 is 5.32 Å². The third-order valence-corrected chi connectivity index (χ3v) is 5.90. The van der Waals surface area contributed by atoms with Gasteiger partial charge in [0.15, 0.2) is 0 Å². The second-order valence-electron chi connectivity index (χ2n) is 6.24. The molecule has 1 aromatic rings. The summed E-state index contributed by atoms with van der Waals surface area (Å²) >= 11 is 1.96. The Bertz CT molecular complexity index is 436. The average Bonchev–Trinajstić information content (AvgIpc) is 2.90. The molecule has 1 aliphatic carbocycles. The number of hydrogen-bond acceptors (Lipinski definition) is 4. The van der Waals surface area contributed by atoms with Gasteiger partial charge in [-0.15, -0.1) is 11.3 Å². The molecule has 1 aromatic heterocycles. The monoisotopic (exact) mass is 294 g/mol. The highest BCUT2D eigenvalue weighted by molar-refractivity contribution is 7.11. The Morgan fingerprint density at radius 3 is 3.00 bits per heavy atom. The molecule has 20 heavy (non-hydrogen) atoms. The van der Waals surface area contributed by atoms with Crippen LogP contribution >= 0.6 is 11.3 Å². The molecular weight excluding hydrogens is 268 g/mol. The van der Waals surface area contributed by atoms with Gasteiger partial charge in [-0.2, -0.15) is 0 Å². The van der Waals surface area contributed by atoms with E-state index in [2.05, 4.69) is 19.2 Å². The summed E-state index contributed by atoms with van der Waals surface area (Å²) in [6.45, 7) is 6.34. The van der Waals surface area contributed by atoms with Gasteiger partial charge in [-0.1, -0.05) is 6.92 Å². The molecule has 0 spiro atoms. The van der Waals surface area contributed by atoms with Crippen LogP contribution in [-0.4, -0.2) is 24.2 Å². The smallest absolute Gasteiger partial charge is 0.113 e. The number of aromatic nitrogens is 1. The van der Waals surface area contributed by atoms with Crippen LogP contribution in [0.5, 0.6) is 0 Å². The fourth-order valence-corrected chi connectivity index (χ4v) is 4.79. The van der Waals surface area contributed by atoms with Gasteiger partial charge in [0.05, 0.1) is 17.3 Å². The summed E-state index contributed by atoms with van der Waals surface area (Å²) in [4.78, 5) is 6.58. The second kappa shape index (κ2) is 6.12. The summed E-state index contributed by atoms with van der Waals surface area (Å²) in [6.07, 6.45) is 8.68. The molecule has 0 saturated carbocycles. The van der Waals surface area contributed by atoms with Crippen molar-refractivity contribution >= 4 is 11.3 Å². The number of aryl methyl sites for hydroxylation is 2. The molecule has 2 atom stereocenters. The number of rotatable bonds is 4. The lowest BCUT2D eigenvalue weighted by Gasteiger charge is -2.39. The van der Waals surface area contributed by atoms with Crippen LogP contribution in [0.2, 0.25) is 0 Å². The zero-order valence-electron chi connectivity index (χ0n) is 12.7. The van der Waals surface area contributed by atoms with E-state index in [1.807, 2.05) is 11.3 Å². The summed E-state index contributed by atoms with van der Waals surface area (Å²) in [6, 6.07) is 0. The molecule has 0 radical (unpaired) electrons. The van der Waals surface area contributed by atoms with E-state index < -0.39 is 0 Å². The van der Waals surface area contributed by atoms with Crippen LogP contribution in [0.25, 0.3) is 0 Å². The van der Waals surface area contributed by atoms with Crippen LogP contribution in [-0.2, 0) is 23.1 Å². The first-order chi connectivity index (χ1) is 9.73. The van der Waals surface area contributed by atoms with E-state index in [4.69, 9.17) is 9.72 Å². The lowest BCUT2D eigenvalue weighted by Crippen LogP contribution is -2.49. The lowest BCUT2D eigenvalue weighted by molar-refractivity contribution is -0.0207. The molecule has 0 aromatic carbocycles. The largest absolute Gasteiger partial charge is 0.378 e. The number of fused-ring (bicyclic) bond motifs is 1. The van der Waals surface area contributed by atoms with Gasteiger partial charge in [-0.05, 0) is 58.4 Å². The van der Waals surface area contributed by atoms with Crippen molar-refractivity contribution in [3.63, 3.8) is 0 Å². The van der Waals surface area contributed by atoms with E-state index in [0.717, 1.165) is 26.0 Å². The molecule has 1 fully saturated rings. The Morgan fingerprint density at radius 2 is 2.25 bits per heavy atom. The quantitative estimate of drug-likeness (QED) is 0.924. The molecule has 2 heterocycles. The molecule has 0 bridgehead atoms. The van der Waals surface area contributed by atoms with Crippen molar-refractivity contribution in [2.75, 3.05) is 13.2 Å². The second-order valence-corrected chi connectivity index (χ2v) is 7.32. The number of hydrogen-bond donors (Lipinski definition) is 1. The minimum Gasteiger partial charge on any atom is -0.378 e. The normalized spacial score (nSPS) is 30.2. The highest BCUT2D eigenvalue weighted by atomic mass is 32.1. The van der Waals surface area contributed by atoms with E-state index in [0.29, 0.717) is 6.10 Å². The molecule has 3 rings (SSSR count). The zero-order valence-corrected chi connectivity index (χ0v) is 13.5. The van der Waals surface area contributed by atoms with Crippen LogP contribution in [0, 0.1) is 0 Å². The molecule has 1 saturated heterocycles. The summed E-state index contributed by atoms with van der Waals surface area (Å²) in [7, 11) is 0. The van der Waals surface area contributed by atoms with Crippen molar-refractivity contribution in [1.82, 2.24) is 10.3 Å². The molecule has 2 aliphatic rings. The van der Waals surface area contributed by atoms with E-state index in [-0.39, 0.29) is 5.54 Å². The number of thiazole rings is 1. The number of nitrogens with zero attached hydrogens (tertiary/aromatic N) is 1. The van der Waals surface area contributed by atoms with Crippen LogP contribution in [0.3, 0.4) is 0 Å². The van der Waals surface area contributed by atoms with Gasteiger partial charge >= 0.3 is 0 Å². The minimum atomic E-state index is 0.0652. The first-order valence-electron chi connectivity index (χ1n) is 8.09. The summed E-state index contributed by atoms with van der Waals surface area (Å²) in [5.74, 6) is 0. The van der Waals surface area contributed by atoms with Crippen LogP contribution in [0.4, 0.5) is 0 Å². The number of ether oxygens (including phenoxy) is 1. The van der Waals surface area contributed by atoms with E-state index in [1.54, 1.807) is 4.88 Å². The van der Waals surface area contributed by atoms with Crippen molar-refractivity contribution in [1.29, 1.82) is 0 Å². The average molecular weight is 294 g/mol. The highest BCUT2D eigenvalue weighted by Gasteiger charge is 2.40. The van der Waals surface area contributed by atoms with E-state index in [9.17, 15) is 0 Å². The van der Waals surface area contributed by atoms with Gasteiger partial charge in [-0.3, -0.25) is 0 Å².